The lowest BCUT2D eigenvalue weighted by Gasteiger charge is -2.04. The second kappa shape index (κ2) is 5.12. The number of rotatable bonds is 4. The number of carbonyl (C=O) groups excluding carboxylic acids is 1. The van der Waals surface area contributed by atoms with Gasteiger partial charge in [-0.05, 0) is 6.07 Å². The molecule has 0 heterocycles. The largest absolute Gasteiger partial charge is 0.485 e. The summed E-state index contributed by atoms with van der Waals surface area (Å²) in [5.74, 6) is 0.560. The van der Waals surface area contributed by atoms with Gasteiger partial charge in [0.05, 0.1) is 0 Å². The molecule has 2 rings (SSSR count). The molecular formula is C14H11O2. The highest BCUT2D eigenvalue weighted by Crippen LogP contribution is 2.08. The average molecular weight is 211 g/mol. The first-order chi connectivity index (χ1) is 7.86. The van der Waals surface area contributed by atoms with Gasteiger partial charge in [0.1, 0.15) is 5.75 Å². The highest BCUT2D eigenvalue weighted by Gasteiger charge is 2.05. The highest BCUT2D eigenvalue weighted by molar-refractivity contribution is 5.97. The normalized spacial score (nSPS) is 9.75. The Morgan fingerprint density at radius 1 is 1.06 bits per heavy atom. The fourth-order valence-corrected chi connectivity index (χ4v) is 1.32. The first-order valence-corrected chi connectivity index (χ1v) is 5.04. The molecular weight excluding hydrogens is 200 g/mol. The molecule has 0 fully saturated rings. The van der Waals surface area contributed by atoms with E-state index in [1.54, 1.807) is 24.3 Å². The fourth-order valence-electron chi connectivity index (χ4n) is 1.32. The van der Waals surface area contributed by atoms with Crippen LogP contribution < -0.4 is 4.74 Å². The van der Waals surface area contributed by atoms with Crippen molar-refractivity contribution in [3.8, 4) is 5.75 Å². The van der Waals surface area contributed by atoms with E-state index in [0.717, 1.165) is 0 Å². The van der Waals surface area contributed by atoms with Gasteiger partial charge in [0.15, 0.2) is 12.4 Å². The second-order valence-corrected chi connectivity index (χ2v) is 3.30. The lowest BCUT2D eigenvalue weighted by molar-refractivity contribution is 0.0921. The predicted octanol–water partition coefficient (Wildman–Crippen LogP) is 2.75. The van der Waals surface area contributed by atoms with Crippen LogP contribution >= 0.6 is 0 Å². The van der Waals surface area contributed by atoms with Gasteiger partial charge in [-0.15, -0.1) is 0 Å². The van der Waals surface area contributed by atoms with E-state index in [-0.39, 0.29) is 12.4 Å². The summed E-state index contributed by atoms with van der Waals surface area (Å²) in [6.07, 6.45) is 0. The zero-order valence-corrected chi connectivity index (χ0v) is 8.72. The van der Waals surface area contributed by atoms with Crippen LogP contribution in [-0.2, 0) is 0 Å². The van der Waals surface area contributed by atoms with E-state index in [4.69, 9.17) is 4.74 Å². The molecule has 2 nitrogen and oxygen atoms in total. The summed E-state index contributed by atoms with van der Waals surface area (Å²) in [5.41, 5.74) is 0.665. The number of ether oxygens (including phenoxy) is 1. The lowest BCUT2D eigenvalue weighted by atomic mass is 10.1. The van der Waals surface area contributed by atoms with Crippen molar-refractivity contribution in [2.45, 2.75) is 0 Å². The van der Waals surface area contributed by atoms with E-state index in [2.05, 4.69) is 6.07 Å². The van der Waals surface area contributed by atoms with Gasteiger partial charge in [-0.25, -0.2) is 0 Å². The molecule has 0 amide bonds. The zero-order valence-electron chi connectivity index (χ0n) is 8.72. The molecule has 2 aromatic rings. The minimum atomic E-state index is -0.0298. The van der Waals surface area contributed by atoms with Crippen molar-refractivity contribution in [3.05, 3.63) is 66.2 Å². The Morgan fingerprint density at radius 3 is 2.50 bits per heavy atom. The molecule has 0 aliphatic carbocycles. The number of carbonyl (C=O) groups is 1. The van der Waals surface area contributed by atoms with Crippen LogP contribution in [-0.4, -0.2) is 12.4 Å². The molecule has 0 unspecified atom stereocenters. The van der Waals surface area contributed by atoms with Gasteiger partial charge in [-0.3, -0.25) is 4.79 Å². The van der Waals surface area contributed by atoms with Crippen molar-refractivity contribution in [2.24, 2.45) is 0 Å². The van der Waals surface area contributed by atoms with Crippen LogP contribution in [0.15, 0.2) is 54.6 Å². The first kappa shape index (κ1) is 10.4. The minimum Gasteiger partial charge on any atom is -0.485 e. The number of benzene rings is 2. The van der Waals surface area contributed by atoms with E-state index in [1.165, 1.54) is 0 Å². The SMILES string of the molecule is O=C(COc1[c]cccc1)c1ccccc1. The average Bonchev–Trinajstić information content (AvgIpc) is 2.38. The maximum absolute atomic E-state index is 11.7. The van der Waals surface area contributed by atoms with E-state index in [0.29, 0.717) is 11.3 Å². The van der Waals surface area contributed by atoms with Gasteiger partial charge >= 0.3 is 0 Å². The summed E-state index contributed by atoms with van der Waals surface area (Å²) >= 11 is 0. The highest BCUT2D eigenvalue weighted by atomic mass is 16.5. The summed E-state index contributed by atoms with van der Waals surface area (Å²) in [6.45, 7) is 0.0462. The smallest absolute Gasteiger partial charge is 0.200 e. The maximum atomic E-state index is 11.7. The Kier molecular flexibility index (Phi) is 3.34. The van der Waals surface area contributed by atoms with Gasteiger partial charge in [0.25, 0.3) is 0 Å². The quantitative estimate of drug-likeness (QED) is 0.727. The Morgan fingerprint density at radius 2 is 1.81 bits per heavy atom. The Labute approximate surface area is 94.5 Å². The molecule has 0 spiro atoms. The molecule has 16 heavy (non-hydrogen) atoms. The summed E-state index contributed by atoms with van der Waals surface area (Å²) in [6, 6.07) is 19.2. The molecule has 2 heteroatoms. The maximum Gasteiger partial charge on any atom is 0.200 e. The summed E-state index contributed by atoms with van der Waals surface area (Å²) in [4.78, 5) is 11.7. The van der Waals surface area contributed by atoms with E-state index < -0.39 is 0 Å². The summed E-state index contributed by atoms with van der Waals surface area (Å²) in [7, 11) is 0. The predicted molar refractivity (Wildman–Crippen MR) is 61.5 cm³/mol. The van der Waals surface area contributed by atoms with Crippen LogP contribution in [0, 0.1) is 6.07 Å². The Balaban J connectivity index is 1.95. The number of Topliss-reactive ketones (excluding diaryl/α,β-unsaturated/α-hetero) is 1. The van der Waals surface area contributed by atoms with Crippen LogP contribution in [0.1, 0.15) is 10.4 Å². The molecule has 0 aromatic heterocycles. The van der Waals surface area contributed by atoms with Crippen molar-refractivity contribution in [2.75, 3.05) is 6.61 Å². The third kappa shape index (κ3) is 2.70. The second-order valence-electron chi connectivity index (χ2n) is 3.30. The molecule has 0 saturated heterocycles. The minimum absolute atomic E-state index is 0.0298. The van der Waals surface area contributed by atoms with Crippen LogP contribution in [0.25, 0.3) is 0 Å². The molecule has 0 atom stereocenters. The molecule has 1 radical (unpaired) electrons. The van der Waals surface area contributed by atoms with E-state index in [9.17, 15) is 4.79 Å². The van der Waals surface area contributed by atoms with E-state index >= 15 is 0 Å². The molecule has 0 bridgehead atoms. The Hall–Kier alpha value is -2.09. The Bertz CT molecular complexity index is 449. The molecule has 79 valence electrons. The van der Waals surface area contributed by atoms with Gasteiger partial charge < -0.3 is 4.74 Å². The van der Waals surface area contributed by atoms with Crippen LogP contribution in [0.4, 0.5) is 0 Å². The number of hydrogen-bond donors (Lipinski definition) is 0. The van der Waals surface area contributed by atoms with Crippen molar-refractivity contribution >= 4 is 5.78 Å². The molecule has 0 N–H and O–H groups in total. The monoisotopic (exact) mass is 211 g/mol. The van der Waals surface area contributed by atoms with Crippen molar-refractivity contribution in [1.29, 1.82) is 0 Å². The van der Waals surface area contributed by atoms with Gasteiger partial charge in [0, 0.05) is 11.6 Å². The van der Waals surface area contributed by atoms with Crippen molar-refractivity contribution in [1.82, 2.24) is 0 Å². The molecule has 0 aliphatic heterocycles. The molecule has 2 aromatic carbocycles. The van der Waals surface area contributed by atoms with Gasteiger partial charge in [-0.2, -0.15) is 0 Å². The number of hydrogen-bond acceptors (Lipinski definition) is 2. The summed E-state index contributed by atoms with van der Waals surface area (Å²) < 4.78 is 5.32. The molecule has 0 saturated carbocycles. The van der Waals surface area contributed by atoms with Gasteiger partial charge in [-0.1, -0.05) is 48.5 Å². The topological polar surface area (TPSA) is 26.3 Å². The standard InChI is InChI=1S/C14H11O2/c15-14(12-7-3-1-4-8-12)11-16-13-9-5-2-6-10-13/h1-9H,11H2. The lowest BCUT2D eigenvalue weighted by Crippen LogP contribution is -2.11. The van der Waals surface area contributed by atoms with Crippen LogP contribution in [0.2, 0.25) is 0 Å². The van der Waals surface area contributed by atoms with Crippen LogP contribution in [0.3, 0.4) is 0 Å². The fraction of sp³-hybridized carbons (Fsp3) is 0.0714. The van der Waals surface area contributed by atoms with Crippen molar-refractivity contribution in [3.63, 3.8) is 0 Å². The van der Waals surface area contributed by atoms with Crippen LogP contribution in [0.5, 0.6) is 5.75 Å². The number of para-hydroxylation sites is 1. The zero-order chi connectivity index (χ0) is 11.2. The summed E-state index contributed by atoms with van der Waals surface area (Å²) in [5, 5.41) is 0. The first-order valence-electron chi connectivity index (χ1n) is 5.04. The molecule has 0 aliphatic rings. The van der Waals surface area contributed by atoms with Gasteiger partial charge in [0.2, 0.25) is 0 Å². The number of ketones is 1. The van der Waals surface area contributed by atoms with Crippen molar-refractivity contribution < 1.29 is 9.53 Å². The third-order valence-corrected chi connectivity index (χ3v) is 2.14. The third-order valence-electron chi connectivity index (χ3n) is 2.14. The van der Waals surface area contributed by atoms with E-state index in [1.807, 2.05) is 30.3 Å².